The van der Waals surface area contributed by atoms with Gasteiger partial charge in [0.2, 0.25) is 0 Å². The van der Waals surface area contributed by atoms with E-state index in [4.69, 9.17) is 4.74 Å². The van der Waals surface area contributed by atoms with E-state index < -0.39 is 0 Å². The molecule has 0 radical (unpaired) electrons. The Bertz CT molecular complexity index is 327. The van der Waals surface area contributed by atoms with Crippen molar-refractivity contribution < 1.29 is 4.74 Å². The highest BCUT2D eigenvalue weighted by molar-refractivity contribution is 5.27. The van der Waals surface area contributed by atoms with Gasteiger partial charge >= 0.3 is 0 Å². The maximum absolute atomic E-state index is 9.52. The molecule has 0 spiro atoms. The van der Waals surface area contributed by atoms with Gasteiger partial charge in [0.1, 0.15) is 5.54 Å². The van der Waals surface area contributed by atoms with Gasteiger partial charge in [-0.05, 0) is 18.8 Å². The summed E-state index contributed by atoms with van der Waals surface area (Å²) < 4.78 is 5.36. The van der Waals surface area contributed by atoms with E-state index >= 15 is 0 Å². The van der Waals surface area contributed by atoms with E-state index in [-0.39, 0.29) is 5.54 Å². The molecule has 0 aromatic heterocycles. The maximum atomic E-state index is 9.52. The van der Waals surface area contributed by atoms with Crippen LogP contribution in [0.5, 0.6) is 0 Å². The number of hydrogen-bond donors (Lipinski definition) is 0. The van der Waals surface area contributed by atoms with E-state index in [1.54, 1.807) is 0 Å². The highest BCUT2D eigenvalue weighted by atomic mass is 16.5. The summed E-state index contributed by atoms with van der Waals surface area (Å²) >= 11 is 0. The van der Waals surface area contributed by atoms with Crippen LogP contribution in [0.15, 0.2) is 12.2 Å². The van der Waals surface area contributed by atoms with E-state index in [0.29, 0.717) is 11.8 Å². The number of morpholine rings is 1. The van der Waals surface area contributed by atoms with Gasteiger partial charge in [-0.25, -0.2) is 0 Å². The molecule has 15 heavy (non-hydrogen) atoms. The normalized spacial score (nSPS) is 44.5. The first-order valence-corrected chi connectivity index (χ1v) is 5.77. The molecule has 1 heterocycles. The molecule has 0 unspecified atom stereocenters. The fraction of sp³-hybridized carbons (Fsp3) is 0.750. The number of fused-ring (bicyclic) bond motifs is 2. The van der Waals surface area contributed by atoms with Crippen LogP contribution in [0.4, 0.5) is 0 Å². The topological polar surface area (TPSA) is 36.3 Å². The first-order valence-electron chi connectivity index (χ1n) is 5.77. The standard InChI is InChI=1S/C12H16N2O/c13-9-12(14-3-5-15-6-4-14)8-10-1-2-11(12)7-10/h1-2,10-11H,3-8H2/t10-,11+,12+/m0/s1. The Hall–Kier alpha value is -0.850. The van der Waals surface area contributed by atoms with Crippen LogP contribution in [0.3, 0.4) is 0 Å². The zero-order valence-electron chi connectivity index (χ0n) is 8.85. The summed E-state index contributed by atoms with van der Waals surface area (Å²) in [6, 6.07) is 2.60. The molecule has 2 fully saturated rings. The average molecular weight is 204 g/mol. The molecule has 0 N–H and O–H groups in total. The second-order valence-corrected chi connectivity index (χ2v) is 4.83. The zero-order chi connectivity index (χ0) is 10.3. The Labute approximate surface area is 90.3 Å². The summed E-state index contributed by atoms with van der Waals surface area (Å²) in [4.78, 5) is 2.35. The molecule has 80 valence electrons. The van der Waals surface area contributed by atoms with Gasteiger partial charge in [0.15, 0.2) is 0 Å². The third kappa shape index (κ3) is 1.25. The summed E-state index contributed by atoms with van der Waals surface area (Å²) in [5.41, 5.74) is -0.205. The molecule has 3 aliphatic rings. The van der Waals surface area contributed by atoms with E-state index in [9.17, 15) is 5.26 Å². The van der Waals surface area contributed by atoms with Gasteiger partial charge in [0.05, 0.1) is 19.3 Å². The number of ether oxygens (including phenoxy) is 1. The van der Waals surface area contributed by atoms with Gasteiger partial charge in [-0.2, -0.15) is 5.26 Å². The molecule has 1 saturated carbocycles. The highest BCUT2D eigenvalue weighted by Gasteiger charge is 2.52. The maximum Gasteiger partial charge on any atom is 0.116 e. The van der Waals surface area contributed by atoms with Crippen LogP contribution in [0.1, 0.15) is 12.8 Å². The summed E-state index contributed by atoms with van der Waals surface area (Å²) in [6.45, 7) is 3.41. The molecule has 3 nitrogen and oxygen atoms in total. The van der Waals surface area contributed by atoms with Crippen molar-refractivity contribution in [1.82, 2.24) is 4.90 Å². The zero-order valence-corrected chi connectivity index (χ0v) is 8.85. The van der Waals surface area contributed by atoms with Crippen molar-refractivity contribution in [3.8, 4) is 6.07 Å². The lowest BCUT2D eigenvalue weighted by Gasteiger charge is -2.42. The number of nitriles is 1. The van der Waals surface area contributed by atoms with Crippen LogP contribution in [-0.4, -0.2) is 36.7 Å². The number of rotatable bonds is 1. The molecular weight excluding hydrogens is 188 g/mol. The van der Waals surface area contributed by atoms with Crippen LogP contribution in [0.2, 0.25) is 0 Å². The van der Waals surface area contributed by atoms with Gasteiger partial charge in [-0.15, -0.1) is 0 Å². The van der Waals surface area contributed by atoms with E-state index in [1.807, 2.05) is 0 Å². The smallest absolute Gasteiger partial charge is 0.116 e. The Kier molecular flexibility index (Phi) is 2.08. The SMILES string of the molecule is N#C[C@]1(N2CCOCC2)C[C@H]2C=C[C@@H]1C2. The van der Waals surface area contributed by atoms with Gasteiger partial charge in [0, 0.05) is 19.0 Å². The molecular formula is C12H16N2O. The molecule has 3 rings (SSSR count). The van der Waals surface area contributed by atoms with Gasteiger partial charge in [0.25, 0.3) is 0 Å². The molecule has 0 aromatic rings. The van der Waals surface area contributed by atoms with Crippen molar-refractivity contribution in [2.24, 2.45) is 11.8 Å². The van der Waals surface area contributed by atoms with Crippen molar-refractivity contribution in [3.63, 3.8) is 0 Å². The van der Waals surface area contributed by atoms with Crippen LogP contribution in [0, 0.1) is 23.2 Å². The number of allylic oxidation sites excluding steroid dienone is 1. The fourth-order valence-corrected chi connectivity index (χ4v) is 3.36. The molecule has 1 saturated heterocycles. The first-order chi connectivity index (χ1) is 7.35. The van der Waals surface area contributed by atoms with E-state index in [0.717, 1.165) is 32.7 Å². The Morgan fingerprint density at radius 2 is 2.13 bits per heavy atom. The highest BCUT2D eigenvalue weighted by Crippen LogP contribution is 2.49. The lowest BCUT2D eigenvalue weighted by atomic mass is 9.84. The predicted octanol–water partition coefficient (Wildman–Crippen LogP) is 1.18. The molecule has 1 aliphatic heterocycles. The average Bonchev–Trinajstić information content (AvgIpc) is 2.90. The quantitative estimate of drug-likeness (QED) is 0.602. The summed E-state index contributed by atoms with van der Waals surface area (Å²) in [6.07, 6.45) is 6.77. The molecule has 3 atom stereocenters. The fourth-order valence-electron chi connectivity index (χ4n) is 3.36. The molecule has 0 aromatic carbocycles. The van der Waals surface area contributed by atoms with Crippen molar-refractivity contribution in [3.05, 3.63) is 12.2 Å². The van der Waals surface area contributed by atoms with Crippen molar-refractivity contribution in [1.29, 1.82) is 5.26 Å². The largest absolute Gasteiger partial charge is 0.379 e. The van der Waals surface area contributed by atoms with Gasteiger partial charge in [-0.1, -0.05) is 12.2 Å². The molecule has 0 amide bonds. The van der Waals surface area contributed by atoms with Crippen molar-refractivity contribution in [2.45, 2.75) is 18.4 Å². The Morgan fingerprint density at radius 1 is 1.33 bits per heavy atom. The molecule has 2 aliphatic carbocycles. The summed E-state index contributed by atoms with van der Waals surface area (Å²) in [5, 5.41) is 9.52. The lowest BCUT2D eigenvalue weighted by Crippen LogP contribution is -2.54. The lowest BCUT2D eigenvalue weighted by molar-refractivity contribution is -0.0114. The summed E-state index contributed by atoms with van der Waals surface area (Å²) in [5.74, 6) is 1.11. The molecule has 2 bridgehead atoms. The minimum Gasteiger partial charge on any atom is -0.379 e. The van der Waals surface area contributed by atoms with E-state index in [1.165, 1.54) is 6.42 Å². The number of nitrogens with zero attached hydrogens (tertiary/aromatic N) is 2. The second-order valence-electron chi connectivity index (χ2n) is 4.83. The minimum atomic E-state index is -0.205. The third-order valence-electron chi connectivity index (χ3n) is 4.13. The number of hydrogen-bond acceptors (Lipinski definition) is 3. The summed E-state index contributed by atoms with van der Waals surface area (Å²) in [7, 11) is 0. The second kappa shape index (κ2) is 3.33. The van der Waals surface area contributed by atoms with Crippen LogP contribution in [0.25, 0.3) is 0 Å². The van der Waals surface area contributed by atoms with Crippen molar-refractivity contribution >= 4 is 0 Å². The van der Waals surface area contributed by atoms with Crippen molar-refractivity contribution in [2.75, 3.05) is 26.3 Å². The Balaban J connectivity index is 1.87. The van der Waals surface area contributed by atoms with Crippen LogP contribution >= 0.6 is 0 Å². The third-order valence-corrected chi connectivity index (χ3v) is 4.13. The van der Waals surface area contributed by atoms with Gasteiger partial charge in [-0.3, -0.25) is 4.90 Å². The Morgan fingerprint density at radius 3 is 2.67 bits per heavy atom. The minimum absolute atomic E-state index is 0.205. The monoisotopic (exact) mass is 204 g/mol. The first kappa shape index (κ1) is 9.38. The van der Waals surface area contributed by atoms with E-state index in [2.05, 4.69) is 23.1 Å². The van der Waals surface area contributed by atoms with Crippen LogP contribution in [-0.2, 0) is 4.74 Å². The van der Waals surface area contributed by atoms with Crippen LogP contribution < -0.4 is 0 Å². The molecule has 3 heteroatoms. The van der Waals surface area contributed by atoms with Gasteiger partial charge < -0.3 is 4.74 Å². The predicted molar refractivity (Wildman–Crippen MR) is 56.1 cm³/mol.